The van der Waals surface area contributed by atoms with E-state index in [2.05, 4.69) is 15.3 Å². The third-order valence-electron chi connectivity index (χ3n) is 2.63. The zero-order chi connectivity index (χ0) is 13.8. The molecule has 19 heavy (non-hydrogen) atoms. The molecule has 6 heteroatoms. The Hall–Kier alpha value is -2.37. The first-order chi connectivity index (χ1) is 9.08. The summed E-state index contributed by atoms with van der Waals surface area (Å²) >= 11 is 0. The van der Waals surface area contributed by atoms with Gasteiger partial charge < -0.3 is 15.3 Å². The van der Waals surface area contributed by atoms with Gasteiger partial charge in [0.15, 0.2) is 0 Å². The van der Waals surface area contributed by atoms with E-state index in [1.165, 1.54) is 0 Å². The normalized spacial score (nSPS) is 10.4. The Morgan fingerprint density at radius 1 is 1.32 bits per heavy atom. The molecular weight excluding hydrogens is 244 g/mol. The highest BCUT2D eigenvalue weighted by atomic mass is 16.4. The van der Waals surface area contributed by atoms with E-state index in [-0.39, 0.29) is 6.42 Å². The average Bonchev–Trinajstić information content (AvgIpc) is 2.37. The largest absolute Gasteiger partial charge is 0.481 e. The van der Waals surface area contributed by atoms with Gasteiger partial charge in [-0.1, -0.05) is 12.1 Å². The van der Waals surface area contributed by atoms with Crippen LogP contribution in [0.15, 0.2) is 24.3 Å². The van der Waals surface area contributed by atoms with Crippen molar-refractivity contribution in [2.75, 3.05) is 30.9 Å². The first kappa shape index (κ1) is 13.1. The van der Waals surface area contributed by atoms with Gasteiger partial charge in [-0.3, -0.25) is 4.79 Å². The number of nitrogens with one attached hydrogen (secondary N) is 1. The second kappa shape index (κ2) is 5.51. The molecule has 6 nitrogen and oxygen atoms in total. The standard InChI is InChI=1S/C13H16N4O2/c1-17(2)12-9-5-3-4-6-10(9)15-13(16-12)14-8-7-11(18)19/h3-6H,7-8H2,1-2H3,(H,18,19)(H,14,15,16). The van der Waals surface area contributed by atoms with Crippen molar-refractivity contribution in [3.05, 3.63) is 24.3 Å². The zero-order valence-electron chi connectivity index (χ0n) is 10.9. The van der Waals surface area contributed by atoms with Crippen LogP contribution in [0.5, 0.6) is 0 Å². The summed E-state index contributed by atoms with van der Waals surface area (Å²) < 4.78 is 0. The van der Waals surface area contributed by atoms with Gasteiger partial charge in [-0.2, -0.15) is 4.98 Å². The first-order valence-corrected chi connectivity index (χ1v) is 5.97. The van der Waals surface area contributed by atoms with Gasteiger partial charge in [0.1, 0.15) is 5.82 Å². The van der Waals surface area contributed by atoms with E-state index in [1.807, 2.05) is 43.3 Å². The van der Waals surface area contributed by atoms with Crippen LogP contribution in [0, 0.1) is 0 Å². The Balaban J connectivity index is 2.32. The van der Waals surface area contributed by atoms with Crippen LogP contribution < -0.4 is 10.2 Å². The maximum atomic E-state index is 10.5. The summed E-state index contributed by atoms with van der Waals surface area (Å²) in [5.74, 6) is 0.410. The molecule has 0 aliphatic rings. The molecule has 2 rings (SSSR count). The van der Waals surface area contributed by atoms with E-state index in [1.54, 1.807) is 0 Å². The number of carboxylic acids is 1. The van der Waals surface area contributed by atoms with Gasteiger partial charge in [-0.25, -0.2) is 4.98 Å². The quantitative estimate of drug-likeness (QED) is 0.849. The number of para-hydroxylation sites is 1. The van der Waals surface area contributed by atoms with Crippen molar-refractivity contribution in [2.45, 2.75) is 6.42 Å². The van der Waals surface area contributed by atoms with Crippen molar-refractivity contribution >= 4 is 28.6 Å². The topological polar surface area (TPSA) is 78.4 Å². The minimum absolute atomic E-state index is 0.0352. The molecule has 0 bridgehead atoms. The zero-order valence-corrected chi connectivity index (χ0v) is 10.9. The maximum absolute atomic E-state index is 10.5. The van der Waals surface area contributed by atoms with E-state index in [0.29, 0.717) is 12.5 Å². The smallest absolute Gasteiger partial charge is 0.305 e. The maximum Gasteiger partial charge on any atom is 0.305 e. The lowest BCUT2D eigenvalue weighted by Gasteiger charge is -2.15. The molecule has 0 radical (unpaired) electrons. The lowest BCUT2D eigenvalue weighted by atomic mass is 10.2. The monoisotopic (exact) mass is 260 g/mol. The van der Waals surface area contributed by atoms with E-state index < -0.39 is 5.97 Å². The third kappa shape index (κ3) is 3.09. The van der Waals surface area contributed by atoms with Crippen molar-refractivity contribution < 1.29 is 9.90 Å². The molecule has 1 aromatic carbocycles. The highest BCUT2D eigenvalue weighted by Crippen LogP contribution is 2.23. The molecule has 0 saturated carbocycles. The minimum Gasteiger partial charge on any atom is -0.481 e. The van der Waals surface area contributed by atoms with Crippen LogP contribution in [-0.2, 0) is 4.79 Å². The first-order valence-electron chi connectivity index (χ1n) is 5.97. The molecule has 0 aliphatic heterocycles. The highest BCUT2D eigenvalue weighted by Gasteiger charge is 2.08. The van der Waals surface area contributed by atoms with Gasteiger partial charge in [0, 0.05) is 26.0 Å². The number of hydrogen-bond acceptors (Lipinski definition) is 5. The lowest BCUT2D eigenvalue weighted by molar-refractivity contribution is -0.136. The Morgan fingerprint density at radius 2 is 2.05 bits per heavy atom. The summed E-state index contributed by atoms with van der Waals surface area (Å²) in [4.78, 5) is 21.2. The van der Waals surface area contributed by atoms with Crippen molar-refractivity contribution in [1.29, 1.82) is 0 Å². The van der Waals surface area contributed by atoms with E-state index in [9.17, 15) is 4.79 Å². The molecular formula is C13H16N4O2. The van der Waals surface area contributed by atoms with Crippen molar-refractivity contribution in [3.63, 3.8) is 0 Å². The number of hydrogen-bond donors (Lipinski definition) is 2. The van der Waals surface area contributed by atoms with Crippen LogP contribution in [-0.4, -0.2) is 41.7 Å². The molecule has 2 N–H and O–H groups in total. The number of aromatic nitrogens is 2. The van der Waals surface area contributed by atoms with Gasteiger partial charge in [-0.15, -0.1) is 0 Å². The van der Waals surface area contributed by atoms with Gasteiger partial charge in [0.25, 0.3) is 0 Å². The number of benzene rings is 1. The van der Waals surface area contributed by atoms with Gasteiger partial charge >= 0.3 is 5.97 Å². The van der Waals surface area contributed by atoms with E-state index >= 15 is 0 Å². The summed E-state index contributed by atoms with van der Waals surface area (Å²) in [6, 6.07) is 7.73. The molecule has 0 aliphatic carbocycles. The molecule has 0 fully saturated rings. The van der Waals surface area contributed by atoms with Crippen LogP contribution in [0.1, 0.15) is 6.42 Å². The van der Waals surface area contributed by atoms with Crippen LogP contribution >= 0.6 is 0 Å². The summed E-state index contributed by atoms with van der Waals surface area (Å²) in [6.07, 6.45) is 0.0352. The number of carbonyl (C=O) groups is 1. The fraction of sp³-hybridized carbons (Fsp3) is 0.308. The highest BCUT2D eigenvalue weighted by molar-refractivity contribution is 5.90. The van der Waals surface area contributed by atoms with Crippen molar-refractivity contribution in [1.82, 2.24) is 9.97 Å². The minimum atomic E-state index is -0.846. The molecule has 0 saturated heterocycles. The molecule has 100 valence electrons. The number of fused-ring (bicyclic) bond motifs is 1. The molecule has 0 amide bonds. The summed E-state index contributed by atoms with van der Waals surface area (Å²) in [7, 11) is 3.83. The number of anilines is 2. The second-order valence-electron chi connectivity index (χ2n) is 4.35. The van der Waals surface area contributed by atoms with Crippen LogP contribution in [0.25, 0.3) is 10.9 Å². The predicted molar refractivity (Wildman–Crippen MR) is 74.6 cm³/mol. The Kier molecular flexibility index (Phi) is 3.79. The van der Waals surface area contributed by atoms with Crippen molar-refractivity contribution in [3.8, 4) is 0 Å². The summed E-state index contributed by atoms with van der Waals surface area (Å²) in [5, 5.41) is 12.5. The second-order valence-corrected chi connectivity index (χ2v) is 4.35. The van der Waals surface area contributed by atoms with Gasteiger partial charge in [0.2, 0.25) is 5.95 Å². The van der Waals surface area contributed by atoms with Gasteiger partial charge in [0.05, 0.1) is 11.9 Å². The molecule has 0 unspecified atom stereocenters. The molecule has 0 atom stereocenters. The number of carboxylic acid groups (broad SMARTS) is 1. The summed E-state index contributed by atoms with van der Waals surface area (Å²) in [6.45, 7) is 0.306. The SMILES string of the molecule is CN(C)c1nc(NCCC(=O)O)nc2ccccc12. The number of aliphatic carboxylic acids is 1. The fourth-order valence-corrected chi connectivity index (χ4v) is 1.76. The average molecular weight is 260 g/mol. The van der Waals surface area contributed by atoms with Crippen LogP contribution in [0.4, 0.5) is 11.8 Å². The van der Waals surface area contributed by atoms with Crippen LogP contribution in [0.2, 0.25) is 0 Å². The predicted octanol–water partition coefficient (Wildman–Crippen LogP) is 1.58. The Bertz CT molecular complexity index is 598. The van der Waals surface area contributed by atoms with E-state index in [0.717, 1.165) is 16.7 Å². The molecule has 1 aromatic heterocycles. The van der Waals surface area contributed by atoms with Gasteiger partial charge in [-0.05, 0) is 12.1 Å². The molecule has 1 heterocycles. The summed E-state index contributed by atoms with van der Waals surface area (Å²) in [5.41, 5.74) is 0.832. The molecule has 0 spiro atoms. The third-order valence-corrected chi connectivity index (χ3v) is 2.63. The Morgan fingerprint density at radius 3 is 2.74 bits per heavy atom. The van der Waals surface area contributed by atoms with E-state index in [4.69, 9.17) is 5.11 Å². The lowest BCUT2D eigenvalue weighted by Crippen LogP contribution is -2.15. The Labute approximate surface area is 111 Å². The number of rotatable bonds is 5. The molecule has 2 aromatic rings. The van der Waals surface area contributed by atoms with Crippen LogP contribution in [0.3, 0.4) is 0 Å². The van der Waals surface area contributed by atoms with Crippen molar-refractivity contribution in [2.24, 2.45) is 0 Å². The fourth-order valence-electron chi connectivity index (χ4n) is 1.76. The number of nitrogens with zero attached hydrogens (tertiary/aromatic N) is 3.